The fourth-order valence-corrected chi connectivity index (χ4v) is 2.35. The van der Waals surface area contributed by atoms with E-state index in [0.717, 1.165) is 10.2 Å². The number of thiazole rings is 1. The van der Waals surface area contributed by atoms with Gasteiger partial charge in [0.05, 0.1) is 21.6 Å². The number of hydrogen-bond donors (Lipinski definition) is 3. The van der Waals surface area contributed by atoms with Crippen LogP contribution in [0.4, 0.5) is 10.5 Å². The fourth-order valence-electron chi connectivity index (χ4n) is 1.63. The summed E-state index contributed by atoms with van der Waals surface area (Å²) in [6, 6.07) is 5.13. The maximum atomic E-state index is 11.7. The number of carboxylic acids is 1. The zero-order valence-corrected chi connectivity index (χ0v) is 11.7. The van der Waals surface area contributed by atoms with Crippen LogP contribution in [0.15, 0.2) is 23.7 Å². The highest BCUT2D eigenvalue weighted by molar-refractivity contribution is 7.16. The number of carboxylic acid groups (broad SMARTS) is 1. The van der Waals surface area contributed by atoms with Crippen LogP contribution in [0.3, 0.4) is 0 Å². The van der Waals surface area contributed by atoms with E-state index < -0.39 is 11.9 Å². The first kappa shape index (κ1) is 14.3. The van der Waals surface area contributed by atoms with Crippen LogP contribution in [0, 0.1) is 5.92 Å². The van der Waals surface area contributed by atoms with Gasteiger partial charge in [0.2, 0.25) is 0 Å². The number of hydrogen-bond acceptors (Lipinski definition) is 4. The van der Waals surface area contributed by atoms with Crippen LogP contribution in [-0.4, -0.2) is 28.6 Å². The molecule has 1 aromatic carbocycles. The fraction of sp³-hybridized carbons (Fsp3) is 0.308. The molecule has 2 aromatic rings. The molecule has 0 aliphatic rings. The van der Waals surface area contributed by atoms with E-state index in [2.05, 4.69) is 15.6 Å². The highest BCUT2D eigenvalue weighted by atomic mass is 32.1. The Bertz CT molecular complexity index is 626. The molecule has 0 aliphatic heterocycles. The van der Waals surface area contributed by atoms with E-state index in [1.165, 1.54) is 11.3 Å². The van der Waals surface area contributed by atoms with Gasteiger partial charge in [0.15, 0.2) is 0 Å². The van der Waals surface area contributed by atoms with Crippen molar-refractivity contribution in [3.63, 3.8) is 0 Å². The Kier molecular flexibility index (Phi) is 4.52. The van der Waals surface area contributed by atoms with Gasteiger partial charge in [0, 0.05) is 12.2 Å². The van der Waals surface area contributed by atoms with Crippen molar-refractivity contribution >= 4 is 39.2 Å². The van der Waals surface area contributed by atoms with E-state index in [1.54, 1.807) is 18.5 Å². The van der Waals surface area contributed by atoms with Crippen molar-refractivity contribution < 1.29 is 14.7 Å². The van der Waals surface area contributed by atoms with Gasteiger partial charge in [-0.2, -0.15) is 0 Å². The van der Waals surface area contributed by atoms with Gasteiger partial charge in [-0.1, -0.05) is 6.92 Å². The summed E-state index contributed by atoms with van der Waals surface area (Å²) in [5.74, 6) is -1.33. The second-order valence-electron chi connectivity index (χ2n) is 4.44. The summed E-state index contributed by atoms with van der Waals surface area (Å²) in [6.07, 6.45) is 0.399. The molecule has 1 unspecified atom stereocenters. The van der Waals surface area contributed by atoms with Gasteiger partial charge in [0.1, 0.15) is 0 Å². The minimum Gasteiger partial charge on any atom is -0.481 e. The highest BCUT2D eigenvalue weighted by Crippen LogP contribution is 2.21. The number of rotatable bonds is 5. The lowest BCUT2D eigenvalue weighted by atomic mass is 10.1. The van der Waals surface area contributed by atoms with Crippen molar-refractivity contribution in [1.82, 2.24) is 10.3 Å². The van der Waals surface area contributed by atoms with Gasteiger partial charge in [0.25, 0.3) is 0 Å². The van der Waals surface area contributed by atoms with Gasteiger partial charge in [-0.05, 0) is 24.6 Å². The topological polar surface area (TPSA) is 91.3 Å². The summed E-state index contributed by atoms with van der Waals surface area (Å²) in [5.41, 5.74) is 3.34. The zero-order chi connectivity index (χ0) is 14.5. The lowest BCUT2D eigenvalue weighted by Gasteiger charge is -2.09. The highest BCUT2D eigenvalue weighted by Gasteiger charge is 2.11. The van der Waals surface area contributed by atoms with Crippen molar-refractivity contribution in [1.29, 1.82) is 0 Å². The third-order valence-electron chi connectivity index (χ3n) is 2.87. The van der Waals surface area contributed by atoms with Crippen molar-refractivity contribution in [3.05, 3.63) is 23.7 Å². The van der Waals surface area contributed by atoms with Crippen LogP contribution < -0.4 is 10.6 Å². The molecule has 106 valence electrons. The molecule has 0 aliphatic carbocycles. The molecule has 0 fully saturated rings. The van der Waals surface area contributed by atoms with E-state index in [1.807, 2.05) is 12.1 Å². The van der Waals surface area contributed by atoms with Crippen molar-refractivity contribution in [2.24, 2.45) is 5.92 Å². The average molecular weight is 293 g/mol. The van der Waals surface area contributed by atoms with E-state index in [0.29, 0.717) is 18.7 Å². The maximum Gasteiger partial charge on any atom is 0.319 e. The molecule has 0 saturated heterocycles. The van der Waals surface area contributed by atoms with Crippen molar-refractivity contribution in [3.8, 4) is 0 Å². The van der Waals surface area contributed by atoms with E-state index >= 15 is 0 Å². The van der Waals surface area contributed by atoms with E-state index in [9.17, 15) is 9.59 Å². The van der Waals surface area contributed by atoms with Crippen LogP contribution in [0.2, 0.25) is 0 Å². The van der Waals surface area contributed by atoms with Gasteiger partial charge >= 0.3 is 12.0 Å². The molecule has 0 radical (unpaired) electrons. The van der Waals surface area contributed by atoms with Gasteiger partial charge < -0.3 is 15.7 Å². The lowest BCUT2D eigenvalue weighted by molar-refractivity contribution is -0.141. The van der Waals surface area contributed by atoms with E-state index in [4.69, 9.17) is 5.11 Å². The predicted molar refractivity (Wildman–Crippen MR) is 78.1 cm³/mol. The maximum absolute atomic E-state index is 11.7. The number of anilines is 1. The summed E-state index contributed by atoms with van der Waals surface area (Å²) in [6.45, 7) is 1.93. The number of aliphatic carboxylic acids is 1. The standard InChI is InChI=1S/C13H15N3O3S/c1-8(12(17)18)4-5-14-13(19)16-9-2-3-10-11(6-9)20-7-15-10/h2-3,6-8H,4-5H2,1H3,(H,17,18)(H2,14,16,19). The van der Waals surface area contributed by atoms with Crippen LogP contribution in [0.25, 0.3) is 10.2 Å². The van der Waals surface area contributed by atoms with Gasteiger partial charge in [-0.3, -0.25) is 4.79 Å². The Morgan fingerprint density at radius 1 is 1.45 bits per heavy atom. The summed E-state index contributed by atoms with van der Waals surface area (Å²) in [7, 11) is 0. The second-order valence-corrected chi connectivity index (χ2v) is 5.33. The second kappa shape index (κ2) is 6.33. The molecular weight excluding hydrogens is 278 g/mol. The van der Waals surface area contributed by atoms with Crippen LogP contribution >= 0.6 is 11.3 Å². The third kappa shape index (κ3) is 3.67. The van der Waals surface area contributed by atoms with Crippen LogP contribution in [0.5, 0.6) is 0 Å². The van der Waals surface area contributed by atoms with Gasteiger partial charge in [-0.15, -0.1) is 11.3 Å². The molecule has 0 spiro atoms. The number of nitrogens with one attached hydrogen (secondary N) is 2. The number of carbonyl (C=O) groups excluding carboxylic acids is 1. The van der Waals surface area contributed by atoms with E-state index in [-0.39, 0.29) is 6.03 Å². The summed E-state index contributed by atoms with van der Waals surface area (Å²) in [5, 5.41) is 14.1. The summed E-state index contributed by atoms with van der Waals surface area (Å²) >= 11 is 1.51. The number of nitrogens with zero attached hydrogens (tertiary/aromatic N) is 1. The molecule has 20 heavy (non-hydrogen) atoms. The monoisotopic (exact) mass is 293 g/mol. The molecule has 1 atom stereocenters. The first-order chi connectivity index (χ1) is 9.56. The smallest absolute Gasteiger partial charge is 0.319 e. The lowest BCUT2D eigenvalue weighted by Crippen LogP contribution is -2.31. The molecule has 7 heteroatoms. The van der Waals surface area contributed by atoms with Crippen LogP contribution in [-0.2, 0) is 4.79 Å². The third-order valence-corrected chi connectivity index (χ3v) is 3.67. The van der Waals surface area contributed by atoms with Crippen LogP contribution in [0.1, 0.15) is 13.3 Å². The van der Waals surface area contributed by atoms with Crippen molar-refractivity contribution in [2.75, 3.05) is 11.9 Å². The Morgan fingerprint density at radius 2 is 2.25 bits per heavy atom. The number of fused-ring (bicyclic) bond motifs is 1. The number of carbonyl (C=O) groups is 2. The number of urea groups is 1. The Balaban J connectivity index is 1.83. The number of amides is 2. The zero-order valence-electron chi connectivity index (χ0n) is 10.9. The Labute approximate surface area is 119 Å². The first-order valence-electron chi connectivity index (χ1n) is 6.17. The molecule has 2 amide bonds. The Hall–Kier alpha value is -2.15. The van der Waals surface area contributed by atoms with Crippen molar-refractivity contribution in [2.45, 2.75) is 13.3 Å². The SMILES string of the molecule is CC(CCNC(=O)Nc1ccc2ncsc2c1)C(=O)O. The molecule has 1 aromatic heterocycles. The Morgan fingerprint density at radius 3 is 3.00 bits per heavy atom. The molecule has 2 rings (SSSR count). The average Bonchev–Trinajstić information content (AvgIpc) is 2.85. The molecule has 0 bridgehead atoms. The number of aromatic nitrogens is 1. The largest absolute Gasteiger partial charge is 0.481 e. The predicted octanol–water partition coefficient (Wildman–Crippen LogP) is 2.53. The molecular formula is C13H15N3O3S. The minimum absolute atomic E-state index is 0.322. The molecule has 3 N–H and O–H groups in total. The molecule has 0 saturated carbocycles. The molecule has 6 nitrogen and oxygen atoms in total. The summed E-state index contributed by atoms with van der Waals surface area (Å²) < 4.78 is 1.00. The van der Waals surface area contributed by atoms with Gasteiger partial charge in [-0.25, -0.2) is 9.78 Å². The minimum atomic E-state index is -0.858. The summed E-state index contributed by atoms with van der Waals surface area (Å²) in [4.78, 5) is 26.4. The number of benzene rings is 1. The quantitative estimate of drug-likeness (QED) is 0.790. The normalized spacial score (nSPS) is 12.1. The molecule has 1 heterocycles. The first-order valence-corrected chi connectivity index (χ1v) is 7.05.